The molecule has 0 saturated carbocycles. The van der Waals surface area contributed by atoms with Gasteiger partial charge in [0.25, 0.3) is 0 Å². The van der Waals surface area contributed by atoms with E-state index in [2.05, 4.69) is 25.8 Å². The number of carbonyl (C=O) groups is 1. The second-order valence-corrected chi connectivity index (χ2v) is 9.84. The second-order valence-electron chi connectivity index (χ2n) is 8.05. The van der Waals surface area contributed by atoms with Crippen LogP contribution >= 0.6 is 39.7 Å². The molecule has 0 amide bonds. The predicted octanol–water partition coefficient (Wildman–Crippen LogP) is 6.48. The highest BCUT2D eigenvalue weighted by molar-refractivity contribution is 9.10. The molecule has 0 aliphatic carbocycles. The summed E-state index contributed by atoms with van der Waals surface area (Å²) < 4.78 is 7.84. The first-order valence-corrected chi connectivity index (χ1v) is 12.6. The van der Waals surface area contributed by atoms with Crippen molar-refractivity contribution in [1.82, 2.24) is 9.88 Å². The number of carbonyl (C=O) groups excluding carboxylic acids is 1. The van der Waals surface area contributed by atoms with Crippen LogP contribution in [-0.4, -0.2) is 35.3 Å². The molecule has 5 nitrogen and oxygen atoms in total. The molecule has 8 heteroatoms. The Morgan fingerprint density at radius 3 is 2.66 bits per heavy atom. The zero-order valence-electron chi connectivity index (χ0n) is 18.0. The van der Waals surface area contributed by atoms with Crippen molar-refractivity contribution in [3.8, 4) is 5.75 Å². The maximum Gasteiger partial charge on any atom is 0.165 e. The molecule has 1 fully saturated rings. The molecule has 1 aliphatic heterocycles. The lowest BCUT2D eigenvalue weighted by Crippen LogP contribution is -2.20. The number of unbranched alkanes of at least 4 members (excludes halogenated alkanes) is 2. The van der Waals surface area contributed by atoms with Gasteiger partial charge in [0.2, 0.25) is 0 Å². The molecule has 2 N–H and O–H groups in total. The number of halogens is 2. The monoisotopic (exact) mass is 537 g/mol. The number of pyridine rings is 1. The Morgan fingerprint density at radius 1 is 1.16 bits per heavy atom. The normalized spacial score (nSPS) is 13.9. The van der Waals surface area contributed by atoms with Gasteiger partial charge in [-0.15, -0.1) is 23.7 Å². The maximum absolute atomic E-state index is 12.9. The standard InChI is InChI=1S/C24H28BrN3O2S.ClH/c25-18-7-9-19(10-8-18)30-15-17-16-31-23-20(14-27-24(26)22(17)23)21(29)6-2-1-3-11-28-12-4-5-13-28;/h7-10,14,16H,1-6,11-13,15H2,(H2,26,27);1H. The number of benzene rings is 1. The van der Waals surface area contributed by atoms with Crippen LogP contribution in [0.3, 0.4) is 0 Å². The molecule has 0 atom stereocenters. The van der Waals surface area contributed by atoms with Gasteiger partial charge in [0.05, 0.1) is 10.3 Å². The molecule has 0 unspecified atom stereocenters. The number of hydrogen-bond acceptors (Lipinski definition) is 6. The molecule has 1 aromatic carbocycles. The van der Waals surface area contributed by atoms with Gasteiger partial charge in [-0.05, 0) is 75.0 Å². The van der Waals surface area contributed by atoms with Gasteiger partial charge in [-0.3, -0.25) is 4.79 Å². The van der Waals surface area contributed by atoms with Crippen LogP contribution in [0.1, 0.15) is 54.4 Å². The number of ketones is 1. The largest absolute Gasteiger partial charge is 0.489 e. The van der Waals surface area contributed by atoms with Crippen molar-refractivity contribution in [3.05, 3.63) is 51.4 Å². The number of aromatic nitrogens is 1. The van der Waals surface area contributed by atoms with Crippen molar-refractivity contribution in [1.29, 1.82) is 0 Å². The lowest BCUT2D eigenvalue weighted by atomic mass is 10.0. The van der Waals surface area contributed by atoms with Gasteiger partial charge in [-0.1, -0.05) is 22.4 Å². The number of Topliss-reactive ketones (excluding diaryl/α,β-unsaturated/α-hetero) is 1. The number of likely N-dealkylation sites (tertiary alicyclic amines) is 1. The molecule has 172 valence electrons. The summed E-state index contributed by atoms with van der Waals surface area (Å²) in [5.74, 6) is 1.39. The molecule has 0 radical (unpaired) electrons. The van der Waals surface area contributed by atoms with E-state index >= 15 is 0 Å². The third kappa shape index (κ3) is 6.22. The van der Waals surface area contributed by atoms with Crippen LogP contribution in [0.5, 0.6) is 5.75 Å². The van der Waals surface area contributed by atoms with Crippen LogP contribution in [0.25, 0.3) is 10.1 Å². The van der Waals surface area contributed by atoms with Crippen molar-refractivity contribution < 1.29 is 9.53 Å². The maximum atomic E-state index is 12.9. The fourth-order valence-corrected chi connectivity index (χ4v) is 5.42. The van der Waals surface area contributed by atoms with Crippen LogP contribution in [0.4, 0.5) is 5.82 Å². The summed E-state index contributed by atoms with van der Waals surface area (Å²) in [5.41, 5.74) is 7.83. The SMILES string of the molecule is Cl.Nc1ncc(C(=O)CCCCCN2CCCC2)c2scc(COc3ccc(Br)cc3)c12. The summed E-state index contributed by atoms with van der Waals surface area (Å²) in [4.78, 5) is 19.7. The fraction of sp³-hybridized carbons (Fsp3) is 0.417. The van der Waals surface area contributed by atoms with E-state index < -0.39 is 0 Å². The van der Waals surface area contributed by atoms with E-state index in [0.29, 0.717) is 24.4 Å². The first kappa shape index (κ1) is 25.0. The van der Waals surface area contributed by atoms with Gasteiger partial charge in [0.15, 0.2) is 5.78 Å². The van der Waals surface area contributed by atoms with Gasteiger partial charge in [-0.2, -0.15) is 0 Å². The number of fused-ring (bicyclic) bond motifs is 1. The predicted molar refractivity (Wildman–Crippen MR) is 138 cm³/mol. The van der Waals surface area contributed by atoms with E-state index in [4.69, 9.17) is 10.5 Å². The second kappa shape index (κ2) is 12.0. The fourth-order valence-electron chi connectivity index (χ4n) is 4.07. The average molecular weight is 539 g/mol. The Hall–Kier alpha value is -1.67. The Bertz CT molecular complexity index is 1040. The van der Waals surface area contributed by atoms with E-state index in [0.717, 1.165) is 45.3 Å². The number of ether oxygens (including phenoxy) is 1. The minimum Gasteiger partial charge on any atom is -0.489 e. The lowest BCUT2D eigenvalue weighted by molar-refractivity contribution is 0.0980. The highest BCUT2D eigenvalue weighted by Gasteiger charge is 2.18. The third-order valence-corrected chi connectivity index (χ3v) is 7.38. The van der Waals surface area contributed by atoms with Crippen molar-refractivity contribution >= 4 is 61.4 Å². The zero-order valence-corrected chi connectivity index (χ0v) is 21.2. The third-order valence-electron chi connectivity index (χ3n) is 5.79. The summed E-state index contributed by atoms with van der Waals surface area (Å²) in [6, 6.07) is 7.72. The Morgan fingerprint density at radius 2 is 1.91 bits per heavy atom. The van der Waals surface area contributed by atoms with Crippen molar-refractivity contribution in [2.24, 2.45) is 0 Å². The molecule has 3 aromatic rings. The minimum absolute atomic E-state index is 0. The van der Waals surface area contributed by atoms with E-state index in [1.54, 1.807) is 17.5 Å². The van der Waals surface area contributed by atoms with E-state index in [1.807, 2.05) is 29.6 Å². The van der Waals surface area contributed by atoms with Crippen molar-refractivity contribution in [2.75, 3.05) is 25.4 Å². The smallest absolute Gasteiger partial charge is 0.165 e. The Kier molecular flexibility index (Phi) is 9.34. The first-order chi connectivity index (χ1) is 15.1. The molecule has 32 heavy (non-hydrogen) atoms. The first-order valence-electron chi connectivity index (χ1n) is 10.9. The van der Waals surface area contributed by atoms with Crippen molar-refractivity contribution in [3.63, 3.8) is 0 Å². The average Bonchev–Trinajstić information content (AvgIpc) is 3.44. The van der Waals surface area contributed by atoms with Crippen LogP contribution < -0.4 is 10.5 Å². The number of anilines is 1. The molecule has 0 bridgehead atoms. The van der Waals surface area contributed by atoms with Crippen LogP contribution in [0.2, 0.25) is 0 Å². The molecular weight excluding hydrogens is 510 g/mol. The van der Waals surface area contributed by atoms with Crippen LogP contribution in [0, 0.1) is 0 Å². The van der Waals surface area contributed by atoms with Gasteiger partial charge in [-0.25, -0.2) is 4.98 Å². The molecule has 0 spiro atoms. The molecular formula is C24H29BrClN3O2S. The summed E-state index contributed by atoms with van der Waals surface area (Å²) >= 11 is 4.97. The highest BCUT2D eigenvalue weighted by atomic mass is 79.9. The Balaban J connectivity index is 0.00000289. The molecule has 1 aliphatic rings. The molecule has 2 aromatic heterocycles. The summed E-state index contributed by atoms with van der Waals surface area (Å²) in [5, 5.41) is 2.87. The molecule has 1 saturated heterocycles. The molecule has 4 rings (SSSR count). The Labute approximate surface area is 207 Å². The van der Waals surface area contributed by atoms with Crippen molar-refractivity contribution in [2.45, 2.75) is 45.1 Å². The number of nitrogens with zero attached hydrogens (tertiary/aromatic N) is 2. The molecule has 3 heterocycles. The summed E-state index contributed by atoms with van der Waals surface area (Å²) in [7, 11) is 0. The van der Waals surface area contributed by atoms with Crippen LogP contribution in [-0.2, 0) is 6.61 Å². The lowest BCUT2D eigenvalue weighted by Gasteiger charge is -2.13. The number of thiophene rings is 1. The summed E-state index contributed by atoms with van der Waals surface area (Å²) in [6.07, 6.45) is 8.03. The minimum atomic E-state index is 0. The van der Waals surface area contributed by atoms with Gasteiger partial charge in [0.1, 0.15) is 18.2 Å². The van der Waals surface area contributed by atoms with E-state index in [-0.39, 0.29) is 18.2 Å². The summed E-state index contributed by atoms with van der Waals surface area (Å²) in [6.45, 7) is 4.02. The van der Waals surface area contributed by atoms with E-state index in [9.17, 15) is 4.79 Å². The van der Waals surface area contributed by atoms with Crippen LogP contribution in [0.15, 0.2) is 40.3 Å². The van der Waals surface area contributed by atoms with E-state index in [1.165, 1.54) is 32.4 Å². The van der Waals surface area contributed by atoms with Gasteiger partial charge < -0.3 is 15.4 Å². The number of nitrogen functional groups attached to an aromatic ring is 1. The quantitative estimate of drug-likeness (QED) is 0.236. The number of rotatable bonds is 10. The zero-order chi connectivity index (χ0) is 21.6. The van der Waals surface area contributed by atoms with Gasteiger partial charge >= 0.3 is 0 Å². The van der Waals surface area contributed by atoms with Gasteiger partial charge in [0, 0.05) is 28.0 Å². The topological polar surface area (TPSA) is 68.5 Å². The highest BCUT2D eigenvalue weighted by Crippen LogP contribution is 2.34. The number of hydrogen-bond donors (Lipinski definition) is 1. The number of nitrogens with two attached hydrogens (primary N) is 1.